The number of aromatic nitrogens is 5. The maximum Gasteiger partial charge on any atom is 0.356 e. The summed E-state index contributed by atoms with van der Waals surface area (Å²) in [6.07, 6.45) is 4.53. The molecule has 0 amide bonds. The number of rotatable bonds is 4. The second kappa shape index (κ2) is 7.05. The maximum atomic E-state index is 13.4. The van der Waals surface area contributed by atoms with Crippen LogP contribution in [0.5, 0.6) is 5.75 Å². The molecule has 1 aromatic carbocycles. The van der Waals surface area contributed by atoms with Gasteiger partial charge in [-0.05, 0) is 25.3 Å². The van der Waals surface area contributed by atoms with Crippen molar-refractivity contribution in [2.75, 3.05) is 13.4 Å². The van der Waals surface area contributed by atoms with Crippen LogP contribution in [-0.4, -0.2) is 48.4 Å². The number of carboxylic acid groups (broad SMARTS) is 1. The van der Waals surface area contributed by atoms with Gasteiger partial charge < -0.3 is 9.84 Å². The summed E-state index contributed by atoms with van der Waals surface area (Å²) >= 11 is 7.73. The van der Waals surface area contributed by atoms with Crippen LogP contribution in [0.4, 0.5) is 0 Å². The topological polar surface area (TPSA) is 112 Å². The third-order valence-electron chi connectivity index (χ3n) is 4.47. The summed E-state index contributed by atoms with van der Waals surface area (Å²) < 4.78 is 8.07. The van der Waals surface area contributed by atoms with Crippen LogP contribution in [-0.2, 0) is 0 Å². The lowest BCUT2D eigenvalue weighted by molar-refractivity contribution is 0.0691. The average molecular weight is 432 g/mol. The summed E-state index contributed by atoms with van der Waals surface area (Å²) in [5, 5.41) is 10.4. The van der Waals surface area contributed by atoms with Gasteiger partial charge in [0, 0.05) is 18.0 Å². The molecule has 9 nitrogen and oxygen atoms in total. The highest BCUT2D eigenvalue weighted by Crippen LogP contribution is 2.32. The monoisotopic (exact) mass is 431 g/mol. The molecule has 0 saturated heterocycles. The van der Waals surface area contributed by atoms with E-state index in [2.05, 4.69) is 15.0 Å². The molecule has 4 rings (SSSR count). The van der Waals surface area contributed by atoms with Gasteiger partial charge in [-0.1, -0.05) is 23.4 Å². The fraction of sp³-hybridized carbons (Fsp3) is 0.167. The number of fused-ring (bicyclic) bond motifs is 3. The Balaban J connectivity index is 2.24. The summed E-state index contributed by atoms with van der Waals surface area (Å²) in [7, 11) is 1.51. The lowest BCUT2D eigenvalue weighted by Gasteiger charge is -2.16. The van der Waals surface area contributed by atoms with Crippen LogP contribution in [0, 0.1) is 6.92 Å². The van der Waals surface area contributed by atoms with Crippen molar-refractivity contribution >= 4 is 46.1 Å². The molecule has 11 heteroatoms. The van der Waals surface area contributed by atoms with Crippen molar-refractivity contribution in [2.45, 2.75) is 12.1 Å². The first-order valence-corrected chi connectivity index (χ1v) is 9.89. The molecule has 0 saturated carbocycles. The van der Waals surface area contributed by atoms with E-state index < -0.39 is 11.5 Å². The third kappa shape index (κ3) is 2.91. The van der Waals surface area contributed by atoms with Gasteiger partial charge in [-0.3, -0.25) is 9.20 Å². The molecular weight excluding hydrogens is 418 g/mol. The van der Waals surface area contributed by atoms with E-state index in [0.717, 1.165) is 0 Å². The molecule has 0 radical (unpaired) electrons. The van der Waals surface area contributed by atoms with Crippen molar-refractivity contribution < 1.29 is 14.6 Å². The molecule has 29 heavy (non-hydrogen) atoms. The van der Waals surface area contributed by atoms with E-state index >= 15 is 0 Å². The normalized spacial score (nSPS) is 11.3. The molecule has 1 N–H and O–H groups in total. The fourth-order valence-corrected chi connectivity index (χ4v) is 3.76. The van der Waals surface area contributed by atoms with Gasteiger partial charge in [0.2, 0.25) is 5.78 Å². The molecule has 0 aliphatic carbocycles. The van der Waals surface area contributed by atoms with E-state index in [-0.39, 0.29) is 27.5 Å². The fourth-order valence-electron chi connectivity index (χ4n) is 3.13. The first-order chi connectivity index (χ1) is 13.9. The summed E-state index contributed by atoms with van der Waals surface area (Å²) in [6.45, 7) is 1.75. The summed E-state index contributed by atoms with van der Waals surface area (Å²) in [6, 6.07) is 3.29. The standard InChI is InChI=1S/C18H14ClN5O4S/c1-8-12(28-2)5-4-10(19)13(8)24-15(25)9-6-20-17(29-3)22-14(9)23-7-11(16(26)27)21-18(23)24/h4-7H,1-3H3,(H,26,27). The van der Waals surface area contributed by atoms with E-state index in [1.165, 1.54) is 40.2 Å². The molecule has 4 aromatic rings. The van der Waals surface area contributed by atoms with Crippen molar-refractivity contribution in [3.8, 4) is 11.4 Å². The highest BCUT2D eigenvalue weighted by Gasteiger charge is 2.22. The Morgan fingerprint density at radius 2 is 2.07 bits per heavy atom. The molecule has 0 aliphatic rings. The van der Waals surface area contributed by atoms with Crippen LogP contribution < -0.4 is 10.3 Å². The second-order valence-electron chi connectivity index (χ2n) is 6.06. The molecule has 3 heterocycles. The van der Waals surface area contributed by atoms with Gasteiger partial charge in [0.05, 0.1) is 17.8 Å². The zero-order chi connectivity index (χ0) is 20.9. The average Bonchev–Trinajstić information content (AvgIpc) is 3.15. The van der Waals surface area contributed by atoms with Gasteiger partial charge in [0.25, 0.3) is 5.56 Å². The van der Waals surface area contributed by atoms with Crippen LogP contribution in [0.3, 0.4) is 0 Å². The number of hydrogen-bond acceptors (Lipinski definition) is 7. The van der Waals surface area contributed by atoms with Crippen LogP contribution in [0.1, 0.15) is 16.1 Å². The number of benzene rings is 1. The van der Waals surface area contributed by atoms with E-state index in [4.69, 9.17) is 16.3 Å². The third-order valence-corrected chi connectivity index (χ3v) is 5.34. The van der Waals surface area contributed by atoms with Gasteiger partial charge in [-0.15, -0.1) is 0 Å². The van der Waals surface area contributed by atoms with Gasteiger partial charge in [0.1, 0.15) is 11.1 Å². The minimum Gasteiger partial charge on any atom is -0.496 e. The summed E-state index contributed by atoms with van der Waals surface area (Å²) in [5.74, 6) is -0.633. The number of thioether (sulfide) groups is 1. The minimum atomic E-state index is -1.23. The number of ether oxygens (including phenoxy) is 1. The second-order valence-corrected chi connectivity index (χ2v) is 7.24. The Labute approximate surface area is 172 Å². The number of methoxy groups -OCH3 is 1. The highest BCUT2D eigenvalue weighted by molar-refractivity contribution is 7.98. The van der Waals surface area contributed by atoms with Crippen molar-refractivity contribution in [1.82, 2.24) is 23.9 Å². The molecule has 0 bridgehead atoms. The van der Waals surface area contributed by atoms with Crippen LogP contribution >= 0.6 is 23.4 Å². The zero-order valence-corrected chi connectivity index (χ0v) is 17.1. The van der Waals surface area contributed by atoms with Crippen molar-refractivity contribution in [3.63, 3.8) is 0 Å². The number of halogens is 1. The number of hydrogen-bond donors (Lipinski definition) is 1. The molecule has 0 spiro atoms. The van der Waals surface area contributed by atoms with E-state index in [9.17, 15) is 14.7 Å². The number of aromatic carboxylic acids is 1. The van der Waals surface area contributed by atoms with Crippen molar-refractivity contribution in [3.05, 3.63) is 51.2 Å². The molecule has 0 unspecified atom stereocenters. The first kappa shape index (κ1) is 19.2. The number of carboxylic acids is 1. The molecule has 3 aromatic heterocycles. The maximum absolute atomic E-state index is 13.4. The van der Waals surface area contributed by atoms with Crippen molar-refractivity contribution in [2.24, 2.45) is 0 Å². The number of nitrogens with zero attached hydrogens (tertiary/aromatic N) is 5. The number of carbonyl (C=O) groups is 1. The van der Waals surface area contributed by atoms with Crippen LogP contribution in [0.2, 0.25) is 5.02 Å². The Bertz CT molecular complexity index is 1360. The van der Waals surface area contributed by atoms with E-state index in [1.807, 2.05) is 0 Å². The Morgan fingerprint density at radius 1 is 1.31 bits per heavy atom. The lowest BCUT2D eigenvalue weighted by Crippen LogP contribution is -2.23. The molecular formula is C18H14ClN5O4S. The quantitative estimate of drug-likeness (QED) is 0.388. The minimum absolute atomic E-state index is 0.0731. The lowest BCUT2D eigenvalue weighted by atomic mass is 10.1. The SMILES string of the molecule is COc1ccc(Cl)c(-n2c(=O)c3cnc(SC)nc3n3cc(C(=O)O)nc23)c1C. The van der Waals surface area contributed by atoms with Gasteiger partial charge in [0.15, 0.2) is 16.5 Å². The van der Waals surface area contributed by atoms with Gasteiger partial charge in [-0.25, -0.2) is 24.3 Å². The Hall–Kier alpha value is -3.11. The highest BCUT2D eigenvalue weighted by atomic mass is 35.5. The largest absolute Gasteiger partial charge is 0.496 e. The first-order valence-electron chi connectivity index (χ1n) is 8.29. The Morgan fingerprint density at radius 3 is 2.72 bits per heavy atom. The predicted molar refractivity (Wildman–Crippen MR) is 109 cm³/mol. The van der Waals surface area contributed by atoms with Crippen LogP contribution in [0.25, 0.3) is 22.5 Å². The number of imidazole rings is 1. The van der Waals surface area contributed by atoms with E-state index in [0.29, 0.717) is 22.2 Å². The summed E-state index contributed by atoms with van der Waals surface area (Å²) in [4.78, 5) is 37.7. The molecule has 0 atom stereocenters. The molecule has 0 aliphatic heterocycles. The van der Waals surface area contributed by atoms with Gasteiger partial charge >= 0.3 is 5.97 Å². The smallest absolute Gasteiger partial charge is 0.356 e. The van der Waals surface area contributed by atoms with Gasteiger partial charge in [-0.2, -0.15) is 0 Å². The molecule has 0 fully saturated rings. The predicted octanol–water partition coefficient (Wildman–Crippen LogP) is 2.82. The Kier molecular flexibility index (Phi) is 4.67. The van der Waals surface area contributed by atoms with E-state index in [1.54, 1.807) is 25.3 Å². The molecule has 148 valence electrons. The zero-order valence-electron chi connectivity index (χ0n) is 15.5. The van der Waals surface area contributed by atoms with Crippen LogP contribution in [0.15, 0.2) is 34.5 Å². The summed E-state index contributed by atoms with van der Waals surface area (Å²) in [5.41, 5.74) is 0.508. The van der Waals surface area contributed by atoms with Crippen molar-refractivity contribution in [1.29, 1.82) is 0 Å².